The molecule has 0 rings (SSSR count). The zero-order valence-corrected chi connectivity index (χ0v) is 12.9. The Morgan fingerprint density at radius 2 is 1.59 bits per heavy atom. The quantitative estimate of drug-likeness (QED) is 0.667. The van der Waals surface area contributed by atoms with Gasteiger partial charge >= 0.3 is 5.97 Å². The van der Waals surface area contributed by atoms with Crippen LogP contribution in [-0.4, -0.2) is 11.6 Å². The molecule has 2 nitrogen and oxygen atoms in total. The van der Waals surface area contributed by atoms with Crippen molar-refractivity contribution in [1.82, 2.24) is 0 Å². The fraction of sp³-hybridized carbons (Fsp3) is 0.933. The minimum atomic E-state index is -0.368. The van der Waals surface area contributed by atoms with Gasteiger partial charge in [-0.2, -0.15) is 0 Å². The summed E-state index contributed by atoms with van der Waals surface area (Å²) < 4.78 is 5.93. The van der Waals surface area contributed by atoms with Crippen LogP contribution in [0.25, 0.3) is 0 Å². The molecule has 0 aromatic carbocycles. The number of rotatable bonds is 5. The first-order valence-corrected chi connectivity index (χ1v) is 6.85. The lowest BCUT2D eigenvalue weighted by Crippen LogP contribution is -2.51. The van der Waals surface area contributed by atoms with Crippen molar-refractivity contribution in [2.24, 2.45) is 17.3 Å². The van der Waals surface area contributed by atoms with Gasteiger partial charge in [-0.25, -0.2) is 0 Å². The van der Waals surface area contributed by atoms with Crippen LogP contribution in [0.15, 0.2) is 0 Å². The Morgan fingerprint density at radius 3 is 1.82 bits per heavy atom. The fourth-order valence-corrected chi connectivity index (χ4v) is 2.59. The SMILES string of the molecule is CCC(C)C(=O)OC(CC)(C(C)C)C(C)(C)C. The largest absolute Gasteiger partial charge is 0.458 e. The van der Waals surface area contributed by atoms with E-state index in [9.17, 15) is 4.79 Å². The van der Waals surface area contributed by atoms with Crippen LogP contribution >= 0.6 is 0 Å². The Hall–Kier alpha value is -0.530. The van der Waals surface area contributed by atoms with E-state index in [1.54, 1.807) is 0 Å². The van der Waals surface area contributed by atoms with Crippen LogP contribution in [0.1, 0.15) is 68.2 Å². The predicted molar refractivity (Wildman–Crippen MR) is 72.9 cm³/mol. The number of carbonyl (C=O) groups excluding carboxylic acids is 1. The van der Waals surface area contributed by atoms with Gasteiger partial charge in [-0.3, -0.25) is 4.79 Å². The number of hydrogen-bond acceptors (Lipinski definition) is 2. The summed E-state index contributed by atoms with van der Waals surface area (Å²) in [7, 11) is 0. The zero-order chi connectivity index (χ0) is 13.9. The molecule has 2 unspecified atom stereocenters. The van der Waals surface area contributed by atoms with E-state index in [2.05, 4.69) is 41.5 Å². The number of esters is 1. The monoisotopic (exact) mass is 242 g/mol. The van der Waals surface area contributed by atoms with Crippen LogP contribution in [-0.2, 0) is 9.53 Å². The molecule has 17 heavy (non-hydrogen) atoms. The second kappa shape index (κ2) is 5.88. The fourth-order valence-electron chi connectivity index (χ4n) is 2.59. The summed E-state index contributed by atoms with van der Waals surface area (Å²) in [5.74, 6) is 0.250. The summed E-state index contributed by atoms with van der Waals surface area (Å²) in [5.41, 5.74) is -0.410. The smallest absolute Gasteiger partial charge is 0.309 e. The van der Waals surface area contributed by atoms with E-state index in [-0.39, 0.29) is 22.9 Å². The summed E-state index contributed by atoms with van der Waals surface area (Å²) in [6, 6.07) is 0. The third-order valence-electron chi connectivity index (χ3n) is 4.02. The van der Waals surface area contributed by atoms with Gasteiger partial charge in [-0.1, -0.05) is 55.4 Å². The van der Waals surface area contributed by atoms with Crippen molar-refractivity contribution in [2.45, 2.75) is 73.8 Å². The molecule has 0 spiro atoms. The van der Waals surface area contributed by atoms with Crippen LogP contribution in [0, 0.1) is 17.3 Å². The molecule has 102 valence electrons. The number of hydrogen-bond donors (Lipinski definition) is 0. The van der Waals surface area contributed by atoms with Crippen molar-refractivity contribution in [2.75, 3.05) is 0 Å². The molecule has 0 aliphatic carbocycles. The maximum atomic E-state index is 12.1. The van der Waals surface area contributed by atoms with Crippen molar-refractivity contribution in [1.29, 1.82) is 0 Å². The molecule has 0 amide bonds. The Labute approximate surface area is 107 Å². The summed E-state index contributed by atoms with van der Waals surface area (Å²) in [6.45, 7) is 16.8. The van der Waals surface area contributed by atoms with Gasteiger partial charge in [0.25, 0.3) is 0 Å². The average Bonchev–Trinajstić information content (AvgIpc) is 2.21. The standard InChI is InChI=1S/C15H30O2/c1-9-12(5)13(16)17-15(10-2,11(3)4)14(6,7)8/h11-12H,9-10H2,1-8H3. The maximum Gasteiger partial charge on any atom is 0.309 e. The van der Waals surface area contributed by atoms with E-state index >= 15 is 0 Å². The summed E-state index contributed by atoms with van der Waals surface area (Å²) in [6.07, 6.45) is 1.69. The number of carbonyl (C=O) groups is 1. The molecule has 0 aliphatic rings. The van der Waals surface area contributed by atoms with Gasteiger partial charge in [0.2, 0.25) is 0 Å². The van der Waals surface area contributed by atoms with Gasteiger partial charge < -0.3 is 4.74 Å². The topological polar surface area (TPSA) is 26.3 Å². The van der Waals surface area contributed by atoms with Crippen LogP contribution < -0.4 is 0 Å². The molecule has 0 radical (unpaired) electrons. The highest BCUT2D eigenvalue weighted by Gasteiger charge is 2.47. The molecule has 0 bridgehead atoms. The van der Waals surface area contributed by atoms with Crippen LogP contribution in [0.3, 0.4) is 0 Å². The van der Waals surface area contributed by atoms with Gasteiger partial charge in [0, 0.05) is 5.41 Å². The molecule has 2 atom stereocenters. The first-order valence-electron chi connectivity index (χ1n) is 6.85. The van der Waals surface area contributed by atoms with E-state index in [1.807, 2.05) is 13.8 Å². The third-order valence-corrected chi connectivity index (χ3v) is 4.02. The maximum absolute atomic E-state index is 12.1. The Morgan fingerprint density at radius 1 is 1.12 bits per heavy atom. The van der Waals surface area contributed by atoms with Crippen LogP contribution in [0.2, 0.25) is 0 Å². The molecule has 2 heteroatoms. The minimum absolute atomic E-state index is 0.0120. The first-order chi connectivity index (χ1) is 7.62. The molecule has 0 N–H and O–H groups in total. The molecule has 0 heterocycles. The van der Waals surface area contributed by atoms with Crippen LogP contribution in [0.4, 0.5) is 0 Å². The van der Waals surface area contributed by atoms with E-state index in [1.165, 1.54) is 0 Å². The van der Waals surface area contributed by atoms with Crippen molar-refractivity contribution in [3.63, 3.8) is 0 Å². The molecular weight excluding hydrogens is 212 g/mol. The molecule has 0 saturated carbocycles. The van der Waals surface area contributed by atoms with Crippen molar-refractivity contribution in [3.8, 4) is 0 Å². The van der Waals surface area contributed by atoms with Crippen LogP contribution in [0.5, 0.6) is 0 Å². The lowest BCUT2D eigenvalue weighted by atomic mass is 9.68. The molecule has 0 aromatic heterocycles. The van der Waals surface area contributed by atoms with E-state index < -0.39 is 0 Å². The van der Waals surface area contributed by atoms with Crippen molar-refractivity contribution < 1.29 is 9.53 Å². The van der Waals surface area contributed by atoms with Gasteiger partial charge in [0.15, 0.2) is 0 Å². The Balaban J connectivity index is 5.15. The molecule has 0 saturated heterocycles. The van der Waals surface area contributed by atoms with E-state index in [0.717, 1.165) is 12.8 Å². The first kappa shape index (κ1) is 16.5. The van der Waals surface area contributed by atoms with Crippen molar-refractivity contribution in [3.05, 3.63) is 0 Å². The summed E-state index contributed by atoms with van der Waals surface area (Å²) >= 11 is 0. The zero-order valence-electron chi connectivity index (χ0n) is 12.9. The normalized spacial score (nSPS) is 17.7. The third kappa shape index (κ3) is 3.46. The van der Waals surface area contributed by atoms with E-state index in [0.29, 0.717) is 5.92 Å². The molecule has 0 fully saturated rings. The second-order valence-electron chi connectivity index (χ2n) is 6.38. The molecule has 0 aliphatic heterocycles. The highest BCUT2D eigenvalue weighted by atomic mass is 16.6. The molecular formula is C15H30O2. The highest BCUT2D eigenvalue weighted by molar-refractivity contribution is 5.72. The lowest BCUT2D eigenvalue weighted by molar-refractivity contribution is -0.188. The van der Waals surface area contributed by atoms with E-state index in [4.69, 9.17) is 4.74 Å². The van der Waals surface area contributed by atoms with Crippen molar-refractivity contribution >= 4 is 5.97 Å². The average molecular weight is 242 g/mol. The van der Waals surface area contributed by atoms with Gasteiger partial charge in [-0.05, 0) is 18.8 Å². The second-order valence-corrected chi connectivity index (χ2v) is 6.38. The summed E-state index contributed by atoms with van der Waals surface area (Å²) in [5, 5.41) is 0. The Bertz CT molecular complexity index is 250. The number of ether oxygens (including phenoxy) is 1. The van der Waals surface area contributed by atoms with Gasteiger partial charge in [0.1, 0.15) is 5.60 Å². The summed E-state index contributed by atoms with van der Waals surface area (Å²) in [4.78, 5) is 12.1. The van der Waals surface area contributed by atoms with Gasteiger partial charge in [0.05, 0.1) is 5.92 Å². The minimum Gasteiger partial charge on any atom is -0.458 e. The molecule has 0 aromatic rings. The predicted octanol–water partition coefficient (Wildman–Crippen LogP) is 4.43. The Kier molecular flexibility index (Phi) is 5.70. The highest BCUT2D eigenvalue weighted by Crippen LogP contribution is 2.43. The van der Waals surface area contributed by atoms with Gasteiger partial charge in [-0.15, -0.1) is 0 Å². The lowest BCUT2D eigenvalue weighted by Gasteiger charge is -2.47.